The van der Waals surface area contributed by atoms with Gasteiger partial charge in [0.05, 0.1) is 0 Å². The van der Waals surface area contributed by atoms with E-state index in [1.54, 1.807) is 18.2 Å². The van der Waals surface area contributed by atoms with E-state index in [0.29, 0.717) is 11.4 Å². The van der Waals surface area contributed by atoms with Crippen molar-refractivity contribution in [3.05, 3.63) is 77.9 Å². The molecule has 3 rings (SSSR count). The van der Waals surface area contributed by atoms with Gasteiger partial charge in [-0.1, -0.05) is 54.6 Å². The third-order valence-electron chi connectivity index (χ3n) is 3.65. The van der Waals surface area contributed by atoms with Crippen LogP contribution in [-0.2, 0) is 0 Å². The average molecular weight is 302 g/mol. The van der Waals surface area contributed by atoms with Crippen molar-refractivity contribution in [1.82, 2.24) is 0 Å². The first kappa shape index (κ1) is 14.7. The predicted octanol–water partition coefficient (Wildman–Crippen LogP) is 4.39. The number of nitrogen functional groups attached to an aromatic ring is 2. The lowest BCUT2D eigenvalue weighted by Crippen LogP contribution is -1.96. The SMILES string of the molecule is Nc1cc(N)c(C=Cc2ccccc2)c(-c2ccc(O)cc2)c1. The highest BCUT2D eigenvalue weighted by atomic mass is 16.3. The molecular weight excluding hydrogens is 284 g/mol. The Kier molecular flexibility index (Phi) is 4.02. The lowest BCUT2D eigenvalue weighted by Gasteiger charge is -2.11. The van der Waals surface area contributed by atoms with Gasteiger partial charge in [-0.15, -0.1) is 0 Å². The maximum Gasteiger partial charge on any atom is 0.115 e. The molecule has 0 heterocycles. The topological polar surface area (TPSA) is 72.3 Å². The summed E-state index contributed by atoms with van der Waals surface area (Å²) in [6.07, 6.45) is 4.01. The smallest absolute Gasteiger partial charge is 0.115 e. The summed E-state index contributed by atoms with van der Waals surface area (Å²) in [5.74, 6) is 0.229. The van der Waals surface area contributed by atoms with Crippen LogP contribution in [0.15, 0.2) is 66.7 Å². The minimum Gasteiger partial charge on any atom is -0.508 e. The zero-order valence-corrected chi connectivity index (χ0v) is 12.6. The van der Waals surface area contributed by atoms with Gasteiger partial charge in [-0.3, -0.25) is 0 Å². The summed E-state index contributed by atoms with van der Waals surface area (Å²) in [6.45, 7) is 0. The zero-order valence-electron chi connectivity index (χ0n) is 12.6. The third kappa shape index (κ3) is 3.35. The Balaban J connectivity index is 2.08. The second-order valence-electron chi connectivity index (χ2n) is 5.36. The molecule has 0 saturated carbocycles. The van der Waals surface area contributed by atoms with E-state index in [-0.39, 0.29) is 5.75 Å². The van der Waals surface area contributed by atoms with Crippen LogP contribution < -0.4 is 11.5 Å². The first-order chi connectivity index (χ1) is 11.1. The molecule has 23 heavy (non-hydrogen) atoms. The maximum atomic E-state index is 9.47. The molecule has 0 radical (unpaired) electrons. The molecule has 0 spiro atoms. The number of anilines is 2. The van der Waals surface area contributed by atoms with Gasteiger partial charge in [-0.05, 0) is 41.0 Å². The Labute approximate surface area is 135 Å². The molecule has 114 valence electrons. The molecule has 0 unspecified atom stereocenters. The van der Waals surface area contributed by atoms with Crippen LogP contribution in [-0.4, -0.2) is 5.11 Å². The summed E-state index contributed by atoms with van der Waals surface area (Å²) in [7, 11) is 0. The molecule has 0 bridgehead atoms. The molecule has 3 aromatic rings. The Morgan fingerprint density at radius 3 is 2.17 bits per heavy atom. The summed E-state index contributed by atoms with van der Waals surface area (Å²) in [6, 6.07) is 20.7. The van der Waals surface area contributed by atoms with Gasteiger partial charge in [0.2, 0.25) is 0 Å². The van der Waals surface area contributed by atoms with Crippen molar-refractivity contribution in [2.45, 2.75) is 0 Å². The van der Waals surface area contributed by atoms with Crippen molar-refractivity contribution < 1.29 is 5.11 Å². The van der Waals surface area contributed by atoms with Crippen molar-refractivity contribution in [3.8, 4) is 16.9 Å². The van der Waals surface area contributed by atoms with E-state index < -0.39 is 0 Å². The molecule has 0 amide bonds. The highest BCUT2D eigenvalue weighted by Crippen LogP contribution is 2.33. The van der Waals surface area contributed by atoms with E-state index >= 15 is 0 Å². The number of rotatable bonds is 3. The van der Waals surface area contributed by atoms with Crippen molar-refractivity contribution in [3.63, 3.8) is 0 Å². The molecule has 3 aromatic carbocycles. The van der Waals surface area contributed by atoms with E-state index in [9.17, 15) is 5.11 Å². The van der Waals surface area contributed by atoms with E-state index in [1.165, 1.54) is 0 Å². The van der Waals surface area contributed by atoms with Gasteiger partial charge in [0, 0.05) is 16.9 Å². The minimum absolute atomic E-state index is 0.229. The largest absolute Gasteiger partial charge is 0.508 e. The number of phenols is 1. The number of hydrogen-bond donors (Lipinski definition) is 3. The number of benzene rings is 3. The van der Waals surface area contributed by atoms with Crippen LogP contribution in [0.2, 0.25) is 0 Å². The van der Waals surface area contributed by atoms with Gasteiger partial charge < -0.3 is 16.6 Å². The van der Waals surface area contributed by atoms with E-state index in [0.717, 1.165) is 22.3 Å². The molecule has 0 aromatic heterocycles. The summed E-state index contributed by atoms with van der Waals surface area (Å²) in [5.41, 5.74) is 17.3. The first-order valence-electron chi connectivity index (χ1n) is 7.35. The monoisotopic (exact) mass is 302 g/mol. The van der Waals surface area contributed by atoms with Gasteiger partial charge in [0.25, 0.3) is 0 Å². The summed E-state index contributed by atoms with van der Waals surface area (Å²) < 4.78 is 0. The number of aromatic hydroxyl groups is 1. The Bertz CT molecular complexity index is 838. The fourth-order valence-corrected chi connectivity index (χ4v) is 2.51. The number of phenolic OH excluding ortho intramolecular Hbond substituents is 1. The number of hydrogen-bond acceptors (Lipinski definition) is 3. The average Bonchev–Trinajstić information content (AvgIpc) is 2.55. The first-order valence-corrected chi connectivity index (χ1v) is 7.35. The Morgan fingerprint density at radius 2 is 1.48 bits per heavy atom. The standard InChI is InChI=1S/C20H18N2O/c21-16-12-19(15-7-9-17(23)10-8-15)18(20(22)13-16)11-6-14-4-2-1-3-5-14/h1-13,23H,21-22H2. The van der Waals surface area contributed by atoms with Crippen molar-refractivity contribution >= 4 is 23.5 Å². The van der Waals surface area contributed by atoms with Gasteiger partial charge in [-0.25, -0.2) is 0 Å². The molecule has 0 aliphatic rings. The van der Waals surface area contributed by atoms with Crippen LogP contribution in [0.1, 0.15) is 11.1 Å². The Morgan fingerprint density at radius 1 is 0.783 bits per heavy atom. The summed E-state index contributed by atoms with van der Waals surface area (Å²) in [5, 5.41) is 9.47. The van der Waals surface area contributed by atoms with E-state index in [4.69, 9.17) is 11.5 Å². The van der Waals surface area contributed by atoms with Gasteiger partial charge in [0.15, 0.2) is 0 Å². The van der Waals surface area contributed by atoms with Crippen LogP contribution in [0.5, 0.6) is 5.75 Å². The molecule has 3 nitrogen and oxygen atoms in total. The van der Waals surface area contributed by atoms with Crippen LogP contribution in [0.25, 0.3) is 23.3 Å². The number of nitrogens with two attached hydrogens (primary N) is 2. The highest BCUT2D eigenvalue weighted by molar-refractivity contribution is 5.89. The Hall–Kier alpha value is -3.20. The minimum atomic E-state index is 0.229. The van der Waals surface area contributed by atoms with Crippen LogP contribution in [0, 0.1) is 0 Å². The van der Waals surface area contributed by atoms with E-state index in [2.05, 4.69) is 0 Å². The fraction of sp³-hybridized carbons (Fsp3) is 0. The van der Waals surface area contributed by atoms with Crippen LogP contribution >= 0.6 is 0 Å². The third-order valence-corrected chi connectivity index (χ3v) is 3.65. The molecule has 5 N–H and O–H groups in total. The van der Waals surface area contributed by atoms with Crippen molar-refractivity contribution in [2.75, 3.05) is 11.5 Å². The quantitative estimate of drug-likeness (QED) is 0.496. The second kappa shape index (κ2) is 6.28. The predicted molar refractivity (Wildman–Crippen MR) is 97.7 cm³/mol. The van der Waals surface area contributed by atoms with Gasteiger partial charge in [-0.2, -0.15) is 0 Å². The molecule has 3 heteroatoms. The summed E-state index contributed by atoms with van der Waals surface area (Å²) >= 11 is 0. The normalized spacial score (nSPS) is 11.0. The molecule has 0 aliphatic carbocycles. The summed E-state index contributed by atoms with van der Waals surface area (Å²) in [4.78, 5) is 0. The molecule has 0 fully saturated rings. The van der Waals surface area contributed by atoms with Gasteiger partial charge >= 0.3 is 0 Å². The maximum absolute atomic E-state index is 9.47. The van der Waals surface area contributed by atoms with Crippen molar-refractivity contribution in [2.24, 2.45) is 0 Å². The lowest BCUT2D eigenvalue weighted by atomic mass is 9.96. The molecule has 0 aliphatic heterocycles. The molecular formula is C20H18N2O. The fourth-order valence-electron chi connectivity index (χ4n) is 2.51. The van der Waals surface area contributed by atoms with Gasteiger partial charge in [0.1, 0.15) is 5.75 Å². The second-order valence-corrected chi connectivity index (χ2v) is 5.36. The van der Waals surface area contributed by atoms with E-state index in [1.807, 2.05) is 60.7 Å². The highest BCUT2D eigenvalue weighted by Gasteiger charge is 2.08. The molecule has 0 atom stereocenters. The van der Waals surface area contributed by atoms with Crippen LogP contribution in [0.4, 0.5) is 11.4 Å². The zero-order chi connectivity index (χ0) is 16.2. The van der Waals surface area contributed by atoms with Crippen molar-refractivity contribution in [1.29, 1.82) is 0 Å². The molecule has 0 saturated heterocycles. The van der Waals surface area contributed by atoms with Crippen LogP contribution in [0.3, 0.4) is 0 Å². The lowest BCUT2D eigenvalue weighted by molar-refractivity contribution is 0.475.